The van der Waals surface area contributed by atoms with Gasteiger partial charge in [-0.1, -0.05) is 12.1 Å². The summed E-state index contributed by atoms with van der Waals surface area (Å²) >= 11 is 0. The van der Waals surface area contributed by atoms with Crippen LogP contribution in [0.1, 0.15) is 29.9 Å². The second-order valence-electron chi connectivity index (χ2n) is 4.90. The van der Waals surface area contributed by atoms with Gasteiger partial charge in [0.05, 0.1) is 5.92 Å². The van der Waals surface area contributed by atoms with E-state index < -0.39 is 47.8 Å². The number of imide groups is 1. The molecule has 1 aromatic rings. The zero-order valence-corrected chi connectivity index (χ0v) is 11.6. The average molecular weight is 331 g/mol. The Labute approximate surface area is 128 Å². The van der Waals surface area contributed by atoms with Crippen molar-refractivity contribution in [2.75, 3.05) is 6.61 Å². The SMILES string of the molecule is O=C(O)COc1cccc(C2CCC(=O)NC2=O)c1C(F)(F)F. The minimum absolute atomic E-state index is 0.0594. The zero-order valence-electron chi connectivity index (χ0n) is 11.6. The summed E-state index contributed by atoms with van der Waals surface area (Å²) in [4.78, 5) is 33.5. The number of aliphatic carboxylic acids is 1. The lowest BCUT2D eigenvalue weighted by atomic mass is 9.87. The highest BCUT2D eigenvalue weighted by molar-refractivity contribution is 6.01. The van der Waals surface area contributed by atoms with Crippen LogP contribution in [0.4, 0.5) is 13.2 Å². The lowest BCUT2D eigenvalue weighted by Crippen LogP contribution is -2.40. The first-order valence-electron chi connectivity index (χ1n) is 6.58. The predicted octanol–water partition coefficient (Wildman–Crippen LogP) is 1.69. The van der Waals surface area contributed by atoms with E-state index >= 15 is 0 Å². The van der Waals surface area contributed by atoms with E-state index in [1.54, 1.807) is 0 Å². The van der Waals surface area contributed by atoms with E-state index in [1.165, 1.54) is 6.07 Å². The zero-order chi connectivity index (χ0) is 17.2. The summed E-state index contributed by atoms with van der Waals surface area (Å²) in [5.41, 5.74) is -1.54. The number of carbonyl (C=O) groups is 3. The summed E-state index contributed by atoms with van der Waals surface area (Å²) in [5, 5.41) is 10.5. The van der Waals surface area contributed by atoms with Crippen molar-refractivity contribution in [1.82, 2.24) is 5.32 Å². The number of carboxylic acids is 1. The van der Waals surface area contributed by atoms with Crippen molar-refractivity contribution in [1.29, 1.82) is 0 Å². The Morgan fingerprint density at radius 3 is 2.61 bits per heavy atom. The van der Waals surface area contributed by atoms with Crippen LogP contribution in [0.15, 0.2) is 18.2 Å². The van der Waals surface area contributed by atoms with Crippen LogP contribution in [-0.2, 0) is 20.6 Å². The van der Waals surface area contributed by atoms with Gasteiger partial charge >= 0.3 is 12.1 Å². The lowest BCUT2D eigenvalue weighted by Gasteiger charge is -2.25. The van der Waals surface area contributed by atoms with E-state index in [2.05, 4.69) is 0 Å². The summed E-state index contributed by atoms with van der Waals surface area (Å²) < 4.78 is 44.8. The number of nitrogens with one attached hydrogen (secondary N) is 1. The molecule has 1 fully saturated rings. The van der Waals surface area contributed by atoms with Crippen LogP contribution in [0, 0.1) is 0 Å². The standard InChI is InChI=1S/C14H12F3NO5/c15-14(16,17)12-7(8-4-5-10(19)18-13(8)22)2-1-3-9(12)23-6-11(20)21/h1-3,8H,4-6H2,(H,20,21)(H,18,19,22). The van der Waals surface area contributed by atoms with Gasteiger partial charge in [0, 0.05) is 6.42 Å². The first-order valence-corrected chi connectivity index (χ1v) is 6.58. The van der Waals surface area contributed by atoms with Gasteiger partial charge < -0.3 is 9.84 Å². The molecule has 1 aliphatic rings. The van der Waals surface area contributed by atoms with E-state index in [4.69, 9.17) is 9.84 Å². The maximum Gasteiger partial charge on any atom is 0.420 e. The third kappa shape index (κ3) is 3.79. The van der Waals surface area contributed by atoms with Gasteiger partial charge in [0.25, 0.3) is 0 Å². The first-order chi connectivity index (χ1) is 10.7. The molecule has 0 bridgehead atoms. The Kier molecular flexibility index (Phi) is 4.57. The Morgan fingerprint density at radius 2 is 2.04 bits per heavy atom. The molecular weight excluding hydrogens is 319 g/mol. The molecule has 23 heavy (non-hydrogen) atoms. The van der Waals surface area contributed by atoms with Crippen molar-refractivity contribution in [2.45, 2.75) is 24.9 Å². The lowest BCUT2D eigenvalue weighted by molar-refractivity contribution is -0.144. The highest BCUT2D eigenvalue weighted by atomic mass is 19.4. The highest BCUT2D eigenvalue weighted by Crippen LogP contribution is 2.42. The molecule has 0 saturated carbocycles. The number of halogens is 3. The van der Waals surface area contributed by atoms with Gasteiger partial charge in [0.1, 0.15) is 11.3 Å². The molecule has 2 rings (SSSR count). The quantitative estimate of drug-likeness (QED) is 0.819. The monoisotopic (exact) mass is 331 g/mol. The number of benzene rings is 1. The molecule has 1 atom stereocenters. The van der Waals surface area contributed by atoms with Gasteiger partial charge in [-0.05, 0) is 18.1 Å². The van der Waals surface area contributed by atoms with Crippen molar-refractivity contribution in [3.63, 3.8) is 0 Å². The number of hydrogen-bond acceptors (Lipinski definition) is 4. The largest absolute Gasteiger partial charge is 0.481 e. The third-order valence-electron chi connectivity index (χ3n) is 3.31. The van der Waals surface area contributed by atoms with Crippen LogP contribution >= 0.6 is 0 Å². The molecular formula is C14H12F3NO5. The number of carbonyl (C=O) groups excluding carboxylic acids is 2. The third-order valence-corrected chi connectivity index (χ3v) is 3.31. The molecule has 0 spiro atoms. The summed E-state index contributed by atoms with van der Waals surface area (Å²) in [6, 6.07) is 3.35. The Hall–Kier alpha value is -2.58. The van der Waals surface area contributed by atoms with Crippen molar-refractivity contribution >= 4 is 17.8 Å². The fraction of sp³-hybridized carbons (Fsp3) is 0.357. The van der Waals surface area contributed by atoms with Crippen LogP contribution in [0.5, 0.6) is 5.75 Å². The van der Waals surface area contributed by atoms with Crippen molar-refractivity contribution in [3.05, 3.63) is 29.3 Å². The van der Waals surface area contributed by atoms with Gasteiger partial charge in [0.15, 0.2) is 6.61 Å². The van der Waals surface area contributed by atoms with E-state index in [1.807, 2.05) is 5.32 Å². The normalized spacial score (nSPS) is 18.5. The Balaban J connectivity index is 2.46. The molecule has 6 nitrogen and oxygen atoms in total. The average Bonchev–Trinajstić information content (AvgIpc) is 2.43. The minimum atomic E-state index is -4.84. The van der Waals surface area contributed by atoms with Crippen LogP contribution < -0.4 is 10.1 Å². The molecule has 1 saturated heterocycles. The minimum Gasteiger partial charge on any atom is -0.481 e. The number of amides is 2. The first kappa shape index (κ1) is 16.8. The smallest absolute Gasteiger partial charge is 0.420 e. The molecule has 2 N–H and O–H groups in total. The summed E-state index contributed by atoms with van der Waals surface area (Å²) in [6.07, 6.45) is -4.98. The molecule has 1 aliphatic heterocycles. The fourth-order valence-electron chi connectivity index (χ4n) is 2.39. The number of carboxylic acid groups (broad SMARTS) is 1. The second kappa shape index (κ2) is 6.27. The van der Waals surface area contributed by atoms with E-state index in [0.29, 0.717) is 0 Å². The number of hydrogen-bond donors (Lipinski definition) is 2. The fourth-order valence-corrected chi connectivity index (χ4v) is 2.39. The predicted molar refractivity (Wildman–Crippen MR) is 69.7 cm³/mol. The van der Waals surface area contributed by atoms with Crippen LogP contribution in [0.25, 0.3) is 0 Å². The van der Waals surface area contributed by atoms with E-state index in [9.17, 15) is 27.6 Å². The van der Waals surface area contributed by atoms with Crippen LogP contribution in [0.2, 0.25) is 0 Å². The van der Waals surface area contributed by atoms with Crippen molar-refractivity contribution in [2.24, 2.45) is 0 Å². The van der Waals surface area contributed by atoms with Gasteiger partial charge in [0.2, 0.25) is 11.8 Å². The number of alkyl halides is 3. The van der Waals surface area contributed by atoms with E-state index in [0.717, 1.165) is 12.1 Å². The maximum absolute atomic E-state index is 13.4. The van der Waals surface area contributed by atoms with Crippen molar-refractivity contribution in [3.8, 4) is 5.75 Å². The van der Waals surface area contributed by atoms with Gasteiger partial charge in [-0.25, -0.2) is 4.79 Å². The number of rotatable bonds is 4. The molecule has 1 unspecified atom stereocenters. The Bertz CT molecular complexity index is 656. The molecule has 1 aromatic carbocycles. The second-order valence-corrected chi connectivity index (χ2v) is 4.90. The Morgan fingerprint density at radius 1 is 1.35 bits per heavy atom. The van der Waals surface area contributed by atoms with Gasteiger partial charge in [-0.15, -0.1) is 0 Å². The molecule has 9 heteroatoms. The van der Waals surface area contributed by atoms with Gasteiger partial charge in [-0.3, -0.25) is 14.9 Å². The molecule has 1 heterocycles. The summed E-state index contributed by atoms with van der Waals surface area (Å²) in [7, 11) is 0. The van der Waals surface area contributed by atoms with Crippen molar-refractivity contribution < 1.29 is 37.4 Å². The molecule has 0 aromatic heterocycles. The molecule has 0 aliphatic carbocycles. The van der Waals surface area contributed by atoms with Gasteiger partial charge in [-0.2, -0.15) is 13.2 Å². The number of piperidine rings is 1. The maximum atomic E-state index is 13.4. The molecule has 0 radical (unpaired) electrons. The highest BCUT2D eigenvalue weighted by Gasteiger charge is 2.41. The van der Waals surface area contributed by atoms with Crippen LogP contribution in [-0.4, -0.2) is 29.5 Å². The summed E-state index contributed by atoms with van der Waals surface area (Å²) in [5.74, 6) is -4.61. The topological polar surface area (TPSA) is 92.7 Å². The summed E-state index contributed by atoms with van der Waals surface area (Å²) in [6.45, 7) is -0.943. The number of ether oxygens (including phenoxy) is 1. The molecule has 124 valence electrons. The molecule has 2 amide bonds. The van der Waals surface area contributed by atoms with E-state index in [-0.39, 0.29) is 18.4 Å². The van der Waals surface area contributed by atoms with Crippen LogP contribution in [0.3, 0.4) is 0 Å².